The van der Waals surface area contributed by atoms with Gasteiger partial charge in [0, 0.05) is 10.5 Å². The molecular formula is C10H11N3O5. The van der Waals surface area contributed by atoms with Crippen molar-refractivity contribution in [2.24, 2.45) is 5.10 Å². The molecule has 1 rings (SSSR count). The van der Waals surface area contributed by atoms with E-state index in [1.807, 2.05) is 5.43 Å². The van der Waals surface area contributed by atoms with Crippen LogP contribution in [0, 0.1) is 10.1 Å². The molecule has 0 radical (unpaired) electrons. The number of carbonyl (C=O) groups is 1. The molecule has 0 aliphatic rings. The Labute approximate surface area is 102 Å². The number of ether oxygens (including phenoxy) is 1. The molecule has 0 spiro atoms. The Morgan fingerprint density at radius 3 is 3.00 bits per heavy atom. The van der Waals surface area contributed by atoms with Crippen molar-refractivity contribution in [1.82, 2.24) is 5.43 Å². The fourth-order valence-electron chi connectivity index (χ4n) is 1.13. The number of phenolic OH excluding ortho intramolecular Hbond substituents is 1. The topological polar surface area (TPSA) is 114 Å². The number of nitro groups is 1. The summed E-state index contributed by atoms with van der Waals surface area (Å²) < 4.78 is 4.88. The maximum Gasteiger partial charge on any atom is 0.311 e. The van der Waals surface area contributed by atoms with Crippen LogP contribution in [0.25, 0.3) is 0 Å². The summed E-state index contributed by atoms with van der Waals surface area (Å²) in [6.07, 6.45) is 1.16. The Morgan fingerprint density at radius 2 is 2.39 bits per heavy atom. The van der Waals surface area contributed by atoms with Crippen molar-refractivity contribution in [3.63, 3.8) is 0 Å². The highest BCUT2D eigenvalue weighted by atomic mass is 16.6. The van der Waals surface area contributed by atoms with E-state index in [9.17, 15) is 20.0 Å². The van der Waals surface area contributed by atoms with Crippen LogP contribution in [0.2, 0.25) is 0 Å². The van der Waals surface area contributed by atoms with E-state index < -0.39 is 17.4 Å². The molecule has 0 heterocycles. The zero-order valence-corrected chi connectivity index (χ0v) is 9.49. The van der Waals surface area contributed by atoms with E-state index in [0.717, 1.165) is 6.21 Å². The summed E-state index contributed by atoms with van der Waals surface area (Å²) in [5.74, 6) is -0.721. The number of nitrogens with zero attached hydrogens (tertiary/aromatic N) is 2. The SMILES string of the molecule is COc1cccc(/C=N/NC(=O)C[N+](=O)[O-])c1O. The van der Waals surface area contributed by atoms with Gasteiger partial charge in [0.05, 0.1) is 13.3 Å². The fourth-order valence-corrected chi connectivity index (χ4v) is 1.13. The number of methoxy groups -OCH3 is 1. The van der Waals surface area contributed by atoms with Crippen molar-refractivity contribution in [1.29, 1.82) is 0 Å². The molecule has 0 aliphatic carbocycles. The first-order chi connectivity index (χ1) is 8.54. The standard InChI is InChI=1S/C10H11N3O5/c1-18-8-4-2-3-7(10(8)15)5-11-12-9(14)6-13(16)17/h2-5,15H,6H2,1H3,(H,12,14)/b11-5+. The molecule has 1 amide bonds. The van der Waals surface area contributed by atoms with E-state index in [0.29, 0.717) is 5.56 Å². The zero-order valence-electron chi connectivity index (χ0n) is 9.49. The predicted molar refractivity (Wildman–Crippen MR) is 62.3 cm³/mol. The number of phenols is 1. The van der Waals surface area contributed by atoms with Gasteiger partial charge in [-0.1, -0.05) is 6.07 Å². The normalized spacial score (nSPS) is 10.3. The molecule has 8 nitrogen and oxygen atoms in total. The van der Waals surface area contributed by atoms with E-state index in [2.05, 4.69) is 5.10 Å². The third-order valence-electron chi connectivity index (χ3n) is 1.92. The summed E-state index contributed by atoms with van der Waals surface area (Å²) >= 11 is 0. The Kier molecular flexibility index (Phi) is 4.61. The minimum atomic E-state index is -0.860. The number of amides is 1. The van der Waals surface area contributed by atoms with Crippen LogP contribution in [0.15, 0.2) is 23.3 Å². The summed E-state index contributed by atoms with van der Waals surface area (Å²) in [7, 11) is 1.40. The van der Waals surface area contributed by atoms with Gasteiger partial charge < -0.3 is 9.84 Å². The number of aromatic hydroxyl groups is 1. The third-order valence-corrected chi connectivity index (χ3v) is 1.92. The molecule has 1 aromatic carbocycles. The molecule has 8 heteroatoms. The summed E-state index contributed by atoms with van der Waals surface area (Å²) in [6, 6.07) is 4.72. The molecular weight excluding hydrogens is 242 g/mol. The molecule has 0 bridgehead atoms. The first-order valence-corrected chi connectivity index (χ1v) is 4.84. The summed E-state index contributed by atoms with van der Waals surface area (Å²) in [6.45, 7) is -0.860. The Balaban J connectivity index is 2.67. The first-order valence-electron chi connectivity index (χ1n) is 4.84. The fraction of sp³-hybridized carbons (Fsp3) is 0.200. The van der Waals surface area contributed by atoms with Crippen LogP contribution < -0.4 is 10.2 Å². The van der Waals surface area contributed by atoms with Crippen molar-refractivity contribution in [2.75, 3.05) is 13.7 Å². The largest absolute Gasteiger partial charge is 0.504 e. The quantitative estimate of drug-likeness (QED) is 0.439. The summed E-state index contributed by atoms with van der Waals surface area (Å²) in [4.78, 5) is 20.1. The van der Waals surface area contributed by atoms with Crippen LogP contribution in [0.3, 0.4) is 0 Å². The van der Waals surface area contributed by atoms with Gasteiger partial charge in [-0.3, -0.25) is 14.9 Å². The van der Waals surface area contributed by atoms with Crippen molar-refractivity contribution in [2.45, 2.75) is 0 Å². The van der Waals surface area contributed by atoms with Gasteiger partial charge in [0.25, 0.3) is 6.54 Å². The molecule has 0 aliphatic heterocycles. The summed E-state index contributed by atoms with van der Waals surface area (Å²) in [5.41, 5.74) is 2.28. The highest BCUT2D eigenvalue weighted by Gasteiger charge is 2.08. The van der Waals surface area contributed by atoms with E-state index in [1.54, 1.807) is 18.2 Å². The molecule has 0 saturated heterocycles. The molecule has 18 heavy (non-hydrogen) atoms. The lowest BCUT2D eigenvalue weighted by Crippen LogP contribution is -2.25. The van der Waals surface area contributed by atoms with Gasteiger partial charge in [0.15, 0.2) is 11.5 Å². The van der Waals surface area contributed by atoms with Crippen LogP contribution in [-0.4, -0.2) is 35.8 Å². The Hall–Kier alpha value is -2.64. The first kappa shape index (κ1) is 13.4. The van der Waals surface area contributed by atoms with Gasteiger partial charge in [-0.05, 0) is 12.1 Å². The maximum atomic E-state index is 10.9. The zero-order chi connectivity index (χ0) is 13.5. The molecule has 1 aromatic rings. The minimum Gasteiger partial charge on any atom is -0.504 e. The molecule has 0 saturated carbocycles. The van der Waals surface area contributed by atoms with Gasteiger partial charge >= 0.3 is 5.91 Å². The van der Waals surface area contributed by atoms with E-state index in [1.165, 1.54) is 7.11 Å². The van der Waals surface area contributed by atoms with Gasteiger partial charge in [0.1, 0.15) is 0 Å². The van der Waals surface area contributed by atoms with E-state index >= 15 is 0 Å². The highest BCUT2D eigenvalue weighted by molar-refractivity contribution is 5.86. The minimum absolute atomic E-state index is 0.132. The van der Waals surface area contributed by atoms with Gasteiger partial charge in [-0.15, -0.1) is 0 Å². The second-order valence-corrected chi connectivity index (χ2v) is 3.18. The van der Waals surface area contributed by atoms with E-state index in [4.69, 9.17) is 4.74 Å². The molecule has 96 valence electrons. The van der Waals surface area contributed by atoms with Gasteiger partial charge in [0.2, 0.25) is 0 Å². The molecule has 0 fully saturated rings. The average Bonchev–Trinajstić information content (AvgIpc) is 2.30. The molecule has 0 unspecified atom stereocenters. The Bertz CT molecular complexity index is 486. The van der Waals surface area contributed by atoms with Crippen LogP contribution in [0.4, 0.5) is 0 Å². The monoisotopic (exact) mass is 253 g/mol. The maximum absolute atomic E-state index is 10.9. The van der Waals surface area contributed by atoms with Gasteiger partial charge in [-0.25, -0.2) is 5.43 Å². The van der Waals surface area contributed by atoms with Crippen LogP contribution in [-0.2, 0) is 4.79 Å². The number of hydrazone groups is 1. The molecule has 0 aromatic heterocycles. The molecule has 0 atom stereocenters. The van der Waals surface area contributed by atoms with Crippen molar-refractivity contribution < 1.29 is 19.6 Å². The lowest BCUT2D eigenvalue weighted by Gasteiger charge is -2.04. The Morgan fingerprint density at radius 1 is 1.67 bits per heavy atom. The lowest BCUT2D eigenvalue weighted by molar-refractivity contribution is -0.467. The number of para-hydroxylation sites is 1. The van der Waals surface area contributed by atoms with Crippen molar-refractivity contribution in [3.05, 3.63) is 33.9 Å². The highest BCUT2D eigenvalue weighted by Crippen LogP contribution is 2.27. The molecule has 2 N–H and O–H groups in total. The second kappa shape index (κ2) is 6.18. The van der Waals surface area contributed by atoms with E-state index in [-0.39, 0.29) is 11.5 Å². The number of hydrogen-bond donors (Lipinski definition) is 2. The van der Waals surface area contributed by atoms with Crippen LogP contribution >= 0.6 is 0 Å². The smallest absolute Gasteiger partial charge is 0.311 e. The lowest BCUT2D eigenvalue weighted by atomic mass is 10.2. The van der Waals surface area contributed by atoms with Crippen LogP contribution in [0.1, 0.15) is 5.56 Å². The number of rotatable bonds is 5. The number of hydrogen-bond acceptors (Lipinski definition) is 6. The second-order valence-electron chi connectivity index (χ2n) is 3.18. The predicted octanol–water partition coefficient (Wildman–Crippen LogP) is 0.128. The van der Waals surface area contributed by atoms with Crippen LogP contribution in [0.5, 0.6) is 11.5 Å². The number of carbonyl (C=O) groups excluding carboxylic acids is 1. The summed E-state index contributed by atoms with van der Waals surface area (Å²) in [5, 5.41) is 23.2. The number of benzene rings is 1. The van der Waals surface area contributed by atoms with Crippen molar-refractivity contribution >= 4 is 12.1 Å². The third kappa shape index (κ3) is 3.74. The average molecular weight is 253 g/mol. The number of nitrogens with one attached hydrogen (secondary N) is 1. The van der Waals surface area contributed by atoms with Crippen molar-refractivity contribution in [3.8, 4) is 11.5 Å². The van der Waals surface area contributed by atoms with Gasteiger partial charge in [-0.2, -0.15) is 5.10 Å².